The van der Waals surface area contributed by atoms with Gasteiger partial charge in [-0.25, -0.2) is 0 Å². The maximum atomic E-state index is 11.0. The van der Waals surface area contributed by atoms with Crippen LogP contribution in [0.5, 0.6) is 0 Å². The van der Waals surface area contributed by atoms with Gasteiger partial charge in [0.05, 0.1) is 5.75 Å². The lowest BCUT2D eigenvalue weighted by Crippen LogP contribution is -2.19. The minimum Gasteiger partial charge on any atom is -0.304 e. The van der Waals surface area contributed by atoms with Crippen molar-refractivity contribution in [3.05, 3.63) is 30.3 Å². The fraction of sp³-hybridized carbons (Fsp3) is 0.0909. The molecule has 2 aromatic rings. The van der Waals surface area contributed by atoms with Gasteiger partial charge in [0.15, 0.2) is 5.17 Å². The first-order valence-corrected chi connectivity index (χ1v) is 7.02. The van der Waals surface area contributed by atoms with Crippen LogP contribution < -0.4 is 5.32 Å². The molecule has 0 radical (unpaired) electrons. The molecule has 0 unspecified atom stereocenters. The van der Waals surface area contributed by atoms with Crippen LogP contribution in [0.3, 0.4) is 0 Å². The summed E-state index contributed by atoms with van der Waals surface area (Å²) in [4.78, 5) is 15.3. The van der Waals surface area contributed by atoms with Crippen LogP contribution in [0.1, 0.15) is 0 Å². The zero-order valence-corrected chi connectivity index (χ0v) is 10.8. The summed E-state index contributed by atoms with van der Waals surface area (Å²) in [6.45, 7) is 0. The summed E-state index contributed by atoms with van der Waals surface area (Å²) in [7, 11) is 0. The molecule has 3 rings (SSSR count). The van der Waals surface area contributed by atoms with Gasteiger partial charge in [0.1, 0.15) is 5.01 Å². The summed E-state index contributed by atoms with van der Waals surface area (Å²) in [6, 6.07) is 9.81. The molecule has 1 aromatic heterocycles. The standard InChI is InChI=1S/C11H8N4OS2/c16-8-6-17-10(12-8)13-11-15-14-9(18-11)7-4-2-1-3-5-7/h1-5H,6H2,(H,12,13,15,16). The summed E-state index contributed by atoms with van der Waals surface area (Å²) in [5.41, 5.74) is 1.02. The second-order valence-electron chi connectivity index (χ2n) is 3.51. The molecule has 5 nitrogen and oxygen atoms in total. The molecular formula is C11H8N4OS2. The van der Waals surface area contributed by atoms with Crippen LogP contribution in [0.4, 0.5) is 5.13 Å². The monoisotopic (exact) mass is 276 g/mol. The van der Waals surface area contributed by atoms with Crippen LogP contribution >= 0.6 is 23.1 Å². The summed E-state index contributed by atoms with van der Waals surface area (Å²) in [6.07, 6.45) is 0. The summed E-state index contributed by atoms with van der Waals surface area (Å²) < 4.78 is 0. The SMILES string of the molecule is O=C1CSC(=Nc2nnc(-c3ccccc3)s2)N1. The van der Waals surface area contributed by atoms with E-state index in [-0.39, 0.29) is 5.91 Å². The molecule has 0 spiro atoms. The minimum absolute atomic E-state index is 0.0217. The van der Waals surface area contributed by atoms with E-state index in [2.05, 4.69) is 20.5 Å². The molecule has 0 saturated carbocycles. The van der Waals surface area contributed by atoms with Gasteiger partial charge in [-0.05, 0) is 0 Å². The summed E-state index contributed by atoms with van der Waals surface area (Å²) in [5.74, 6) is 0.398. The third-order valence-corrected chi connectivity index (χ3v) is 3.96. The Kier molecular flexibility index (Phi) is 3.07. The smallest absolute Gasteiger partial charge is 0.236 e. The molecule has 7 heteroatoms. The third-order valence-electron chi connectivity index (χ3n) is 2.22. The molecule has 1 fully saturated rings. The Morgan fingerprint density at radius 1 is 1.22 bits per heavy atom. The second kappa shape index (κ2) is 4.87. The number of aliphatic imine (C=N–C) groups is 1. The van der Waals surface area contributed by atoms with E-state index in [1.807, 2.05) is 30.3 Å². The van der Waals surface area contributed by atoms with Crippen LogP contribution in [0.2, 0.25) is 0 Å². The number of amidine groups is 1. The number of nitrogens with one attached hydrogen (secondary N) is 1. The normalized spacial score (nSPS) is 17.1. The molecule has 18 heavy (non-hydrogen) atoms. The van der Waals surface area contributed by atoms with E-state index in [1.54, 1.807) is 0 Å². The van der Waals surface area contributed by atoms with Gasteiger partial charge < -0.3 is 5.32 Å². The Bertz CT molecular complexity index is 609. The highest BCUT2D eigenvalue weighted by molar-refractivity contribution is 8.15. The molecule has 1 aliphatic heterocycles. The third kappa shape index (κ3) is 2.41. The van der Waals surface area contributed by atoms with Crippen molar-refractivity contribution in [3.63, 3.8) is 0 Å². The van der Waals surface area contributed by atoms with Crippen molar-refractivity contribution >= 4 is 39.3 Å². The molecule has 1 N–H and O–H groups in total. The first-order valence-electron chi connectivity index (χ1n) is 5.21. The van der Waals surface area contributed by atoms with E-state index < -0.39 is 0 Å². The summed E-state index contributed by atoms with van der Waals surface area (Å²) in [5, 5.41) is 12.7. The molecule has 2 heterocycles. The predicted octanol–water partition coefficient (Wildman–Crippen LogP) is 2.06. The number of hydrogen-bond acceptors (Lipinski definition) is 6. The lowest BCUT2D eigenvalue weighted by molar-refractivity contribution is -0.116. The Labute approximate surface area is 111 Å². The average Bonchev–Trinajstić information content (AvgIpc) is 3.01. The number of aromatic nitrogens is 2. The number of hydrogen-bond donors (Lipinski definition) is 1. The molecule has 1 saturated heterocycles. The van der Waals surface area contributed by atoms with Crippen LogP contribution in [0.25, 0.3) is 10.6 Å². The van der Waals surface area contributed by atoms with Crippen LogP contribution in [0.15, 0.2) is 35.3 Å². The van der Waals surface area contributed by atoms with E-state index in [0.717, 1.165) is 10.6 Å². The van der Waals surface area contributed by atoms with Crippen molar-refractivity contribution in [2.24, 2.45) is 4.99 Å². The summed E-state index contributed by atoms with van der Waals surface area (Å²) >= 11 is 2.78. The van der Waals surface area contributed by atoms with Crippen molar-refractivity contribution in [1.29, 1.82) is 0 Å². The molecule has 1 amide bonds. The van der Waals surface area contributed by atoms with Gasteiger partial charge in [0.25, 0.3) is 0 Å². The molecule has 0 aliphatic carbocycles. The molecular weight excluding hydrogens is 268 g/mol. The molecule has 0 bridgehead atoms. The maximum Gasteiger partial charge on any atom is 0.236 e. The topological polar surface area (TPSA) is 67.2 Å². The maximum absolute atomic E-state index is 11.0. The van der Waals surface area contributed by atoms with Crippen molar-refractivity contribution in [3.8, 4) is 10.6 Å². The highest BCUT2D eigenvalue weighted by Gasteiger charge is 2.17. The lowest BCUT2D eigenvalue weighted by atomic mass is 10.2. The van der Waals surface area contributed by atoms with E-state index >= 15 is 0 Å². The number of carbonyl (C=O) groups excluding carboxylic acids is 1. The van der Waals surface area contributed by atoms with Gasteiger partial charge in [0, 0.05) is 5.56 Å². The first-order chi connectivity index (χ1) is 8.81. The number of thioether (sulfide) groups is 1. The zero-order valence-electron chi connectivity index (χ0n) is 9.16. The first kappa shape index (κ1) is 11.4. The van der Waals surface area contributed by atoms with Gasteiger partial charge in [-0.1, -0.05) is 53.4 Å². The van der Waals surface area contributed by atoms with Gasteiger partial charge >= 0.3 is 0 Å². The van der Waals surface area contributed by atoms with Crippen LogP contribution in [-0.2, 0) is 4.79 Å². The van der Waals surface area contributed by atoms with E-state index in [1.165, 1.54) is 23.1 Å². The minimum atomic E-state index is -0.0217. The van der Waals surface area contributed by atoms with Gasteiger partial charge in [-0.3, -0.25) is 4.79 Å². The Morgan fingerprint density at radius 2 is 2.06 bits per heavy atom. The number of nitrogens with zero attached hydrogens (tertiary/aromatic N) is 3. The fourth-order valence-corrected chi connectivity index (χ4v) is 2.89. The number of rotatable bonds is 2. The Hall–Kier alpha value is -1.73. The second-order valence-corrected chi connectivity index (χ2v) is 5.43. The average molecular weight is 276 g/mol. The molecule has 1 aliphatic rings. The number of benzene rings is 1. The quantitative estimate of drug-likeness (QED) is 0.911. The van der Waals surface area contributed by atoms with E-state index in [9.17, 15) is 4.79 Å². The van der Waals surface area contributed by atoms with Crippen molar-refractivity contribution in [2.75, 3.05) is 5.75 Å². The van der Waals surface area contributed by atoms with Crippen molar-refractivity contribution < 1.29 is 4.79 Å². The highest BCUT2D eigenvalue weighted by Crippen LogP contribution is 2.28. The predicted molar refractivity (Wildman–Crippen MR) is 73.0 cm³/mol. The largest absolute Gasteiger partial charge is 0.304 e. The van der Waals surface area contributed by atoms with Gasteiger partial charge in [0.2, 0.25) is 11.0 Å². The highest BCUT2D eigenvalue weighted by atomic mass is 32.2. The van der Waals surface area contributed by atoms with Crippen molar-refractivity contribution in [2.45, 2.75) is 0 Å². The van der Waals surface area contributed by atoms with Gasteiger partial charge in [-0.15, -0.1) is 10.2 Å². The van der Waals surface area contributed by atoms with Crippen molar-refractivity contribution in [1.82, 2.24) is 15.5 Å². The van der Waals surface area contributed by atoms with Crippen LogP contribution in [-0.4, -0.2) is 27.0 Å². The van der Waals surface area contributed by atoms with E-state index in [0.29, 0.717) is 16.1 Å². The fourth-order valence-electron chi connectivity index (χ4n) is 1.43. The lowest BCUT2D eigenvalue weighted by Gasteiger charge is -1.92. The molecule has 1 aromatic carbocycles. The van der Waals surface area contributed by atoms with Crippen LogP contribution in [0, 0.1) is 0 Å². The Balaban J connectivity index is 1.84. The zero-order chi connectivity index (χ0) is 12.4. The van der Waals surface area contributed by atoms with Gasteiger partial charge in [-0.2, -0.15) is 4.99 Å². The van der Waals surface area contributed by atoms with E-state index in [4.69, 9.17) is 0 Å². The molecule has 0 atom stereocenters. The number of carbonyl (C=O) groups is 1. The Morgan fingerprint density at radius 3 is 2.78 bits per heavy atom. The number of amides is 1. The molecule has 90 valence electrons.